The van der Waals surface area contributed by atoms with Gasteiger partial charge in [0.1, 0.15) is 5.72 Å². The molecule has 0 aromatic heterocycles. The summed E-state index contributed by atoms with van der Waals surface area (Å²) in [6.45, 7) is 0. The van der Waals surface area contributed by atoms with E-state index in [1.54, 1.807) is 7.11 Å². The van der Waals surface area contributed by atoms with Gasteiger partial charge in [0.25, 0.3) is 0 Å². The minimum Gasteiger partial charge on any atom is -0.364 e. The van der Waals surface area contributed by atoms with Crippen LogP contribution in [0.5, 0.6) is 0 Å². The van der Waals surface area contributed by atoms with Crippen LogP contribution in [0.3, 0.4) is 0 Å². The number of methoxy groups -OCH3 is 1. The summed E-state index contributed by atoms with van der Waals surface area (Å²) in [5.41, 5.74) is 0.125. The molecular formula is C6H14ClNO. The smallest absolute Gasteiger partial charge is 0.121 e. The zero-order valence-corrected chi connectivity index (χ0v) is 6.99. The van der Waals surface area contributed by atoms with Crippen LogP contribution in [0.15, 0.2) is 0 Å². The Morgan fingerprint density at radius 3 is 1.78 bits per heavy atom. The fourth-order valence-corrected chi connectivity index (χ4v) is 0.941. The van der Waals surface area contributed by atoms with Crippen LogP contribution in [-0.2, 0) is 4.74 Å². The Bertz CT molecular complexity index is 91.1. The largest absolute Gasteiger partial charge is 0.364 e. The molecule has 0 aromatic rings. The molecule has 0 spiro atoms. The fraction of sp³-hybridized carbons (Fsp3) is 1.00. The number of ether oxygens (including phenoxy) is 1. The van der Waals surface area contributed by atoms with Gasteiger partial charge >= 0.3 is 0 Å². The Balaban J connectivity index is 0.000000640. The first-order chi connectivity index (χ1) is 3.71. The Hall–Kier alpha value is 0.210. The summed E-state index contributed by atoms with van der Waals surface area (Å²) in [7, 11) is 5.88. The highest BCUT2D eigenvalue weighted by Crippen LogP contribution is 2.40. The van der Waals surface area contributed by atoms with Gasteiger partial charge in [-0.15, -0.1) is 12.4 Å². The maximum Gasteiger partial charge on any atom is 0.121 e. The SMILES string of the molecule is COC1(N(C)C)CC1.Cl. The van der Waals surface area contributed by atoms with Gasteiger partial charge in [0.05, 0.1) is 0 Å². The standard InChI is InChI=1S/C6H13NO.ClH/c1-7(2)6(8-3)4-5-6;/h4-5H2,1-3H3;1H. The number of rotatable bonds is 2. The molecule has 0 atom stereocenters. The molecule has 1 aliphatic carbocycles. The van der Waals surface area contributed by atoms with Crippen LogP contribution in [-0.4, -0.2) is 31.8 Å². The molecule has 0 aromatic carbocycles. The first-order valence-corrected chi connectivity index (χ1v) is 2.94. The minimum absolute atomic E-state index is 0. The lowest BCUT2D eigenvalue weighted by molar-refractivity contribution is -0.0285. The highest BCUT2D eigenvalue weighted by Gasteiger charge is 2.45. The van der Waals surface area contributed by atoms with Gasteiger partial charge in [0, 0.05) is 7.11 Å². The van der Waals surface area contributed by atoms with Gasteiger partial charge in [-0.05, 0) is 26.9 Å². The van der Waals surface area contributed by atoms with Crippen LogP contribution < -0.4 is 0 Å². The first-order valence-electron chi connectivity index (χ1n) is 2.94. The van der Waals surface area contributed by atoms with E-state index in [1.807, 2.05) is 0 Å². The summed E-state index contributed by atoms with van der Waals surface area (Å²) in [6, 6.07) is 0. The van der Waals surface area contributed by atoms with E-state index in [2.05, 4.69) is 19.0 Å². The first kappa shape index (κ1) is 9.21. The van der Waals surface area contributed by atoms with E-state index in [9.17, 15) is 0 Å². The molecule has 9 heavy (non-hydrogen) atoms. The molecule has 1 rings (SSSR count). The van der Waals surface area contributed by atoms with Crippen molar-refractivity contribution in [2.24, 2.45) is 0 Å². The highest BCUT2D eigenvalue weighted by molar-refractivity contribution is 5.85. The van der Waals surface area contributed by atoms with Crippen molar-refractivity contribution in [2.75, 3.05) is 21.2 Å². The van der Waals surface area contributed by atoms with Crippen molar-refractivity contribution in [3.63, 3.8) is 0 Å². The maximum atomic E-state index is 5.24. The van der Waals surface area contributed by atoms with Crippen LogP contribution in [0, 0.1) is 0 Å². The van der Waals surface area contributed by atoms with Gasteiger partial charge in [-0.3, -0.25) is 4.90 Å². The number of hydrogen-bond donors (Lipinski definition) is 0. The van der Waals surface area contributed by atoms with Crippen LogP contribution in [0.25, 0.3) is 0 Å². The Morgan fingerprint density at radius 1 is 1.33 bits per heavy atom. The molecule has 1 aliphatic rings. The van der Waals surface area contributed by atoms with Crippen LogP contribution in [0.1, 0.15) is 12.8 Å². The molecule has 1 fully saturated rings. The van der Waals surface area contributed by atoms with Crippen molar-refractivity contribution in [2.45, 2.75) is 18.6 Å². The molecule has 0 amide bonds. The predicted octanol–water partition coefficient (Wildman–Crippen LogP) is 1.11. The normalized spacial score (nSPS) is 21.3. The van der Waals surface area contributed by atoms with E-state index in [0.717, 1.165) is 0 Å². The van der Waals surface area contributed by atoms with Crippen molar-refractivity contribution in [1.29, 1.82) is 0 Å². The number of hydrogen-bond acceptors (Lipinski definition) is 2. The average Bonchev–Trinajstić information content (AvgIpc) is 2.44. The Morgan fingerprint density at radius 2 is 1.78 bits per heavy atom. The lowest BCUT2D eigenvalue weighted by Gasteiger charge is -2.21. The molecule has 2 nitrogen and oxygen atoms in total. The van der Waals surface area contributed by atoms with Gasteiger partial charge in [-0.2, -0.15) is 0 Å². The van der Waals surface area contributed by atoms with Gasteiger partial charge in [-0.25, -0.2) is 0 Å². The summed E-state index contributed by atoms with van der Waals surface area (Å²) < 4.78 is 5.24. The molecule has 56 valence electrons. The second-order valence-electron chi connectivity index (χ2n) is 2.54. The molecule has 0 saturated heterocycles. The summed E-state index contributed by atoms with van der Waals surface area (Å²) in [5.74, 6) is 0. The van der Waals surface area contributed by atoms with Crippen molar-refractivity contribution in [3.8, 4) is 0 Å². The second kappa shape index (κ2) is 2.86. The molecule has 0 bridgehead atoms. The Kier molecular flexibility index (Phi) is 2.93. The molecule has 0 N–H and O–H groups in total. The second-order valence-corrected chi connectivity index (χ2v) is 2.54. The third-order valence-corrected chi connectivity index (χ3v) is 1.87. The summed E-state index contributed by atoms with van der Waals surface area (Å²) >= 11 is 0. The molecule has 0 aliphatic heterocycles. The number of nitrogens with zero attached hydrogens (tertiary/aromatic N) is 1. The van der Waals surface area contributed by atoms with Crippen molar-refractivity contribution in [3.05, 3.63) is 0 Å². The van der Waals surface area contributed by atoms with Crippen molar-refractivity contribution < 1.29 is 4.74 Å². The lowest BCUT2D eigenvalue weighted by atomic mass is 10.5. The molecule has 0 unspecified atom stereocenters. The van der Waals surface area contributed by atoms with Gasteiger partial charge < -0.3 is 4.74 Å². The molecule has 0 heterocycles. The summed E-state index contributed by atoms with van der Waals surface area (Å²) in [5, 5.41) is 0. The third kappa shape index (κ3) is 1.57. The van der Waals surface area contributed by atoms with E-state index < -0.39 is 0 Å². The fourth-order valence-electron chi connectivity index (χ4n) is 0.941. The van der Waals surface area contributed by atoms with Crippen LogP contribution in [0.4, 0.5) is 0 Å². The van der Waals surface area contributed by atoms with Crippen LogP contribution >= 0.6 is 12.4 Å². The highest BCUT2D eigenvalue weighted by atomic mass is 35.5. The van der Waals surface area contributed by atoms with Gasteiger partial charge in [0.15, 0.2) is 0 Å². The predicted molar refractivity (Wildman–Crippen MR) is 39.9 cm³/mol. The molecule has 0 radical (unpaired) electrons. The quantitative estimate of drug-likeness (QED) is 0.549. The van der Waals surface area contributed by atoms with Crippen molar-refractivity contribution >= 4 is 12.4 Å². The lowest BCUT2D eigenvalue weighted by Crippen LogP contribution is -2.31. The van der Waals surface area contributed by atoms with E-state index in [-0.39, 0.29) is 18.1 Å². The summed E-state index contributed by atoms with van der Waals surface area (Å²) in [6.07, 6.45) is 2.38. The van der Waals surface area contributed by atoms with Crippen LogP contribution in [0.2, 0.25) is 0 Å². The minimum atomic E-state index is 0. The van der Waals surface area contributed by atoms with Gasteiger partial charge in [0.2, 0.25) is 0 Å². The van der Waals surface area contributed by atoms with E-state index in [4.69, 9.17) is 4.74 Å². The average molecular weight is 152 g/mol. The zero-order chi connectivity index (χ0) is 6.20. The van der Waals surface area contributed by atoms with E-state index in [1.165, 1.54) is 12.8 Å². The molecule has 3 heteroatoms. The monoisotopic (exact) mass is 151 g/mol. The summed E-state index contributed by atoms with van der Waals surface area (Å²) in [4.78, 5) is 2.13. The Labute approximate surface area is 62.6 Å². The van der Waals surface area contributed by atoms with Gasteiger partial charge in [-0.1, -0.05) is 0 Å². The topological polar surface area (TPSA) is 12.5 Å². The number of halogens is 1. The molecule has 1 saturated carbocycles. The zero-order valence-electron chi connectivity index (χ0n) is 6.18. The van der Waals surface area contributed by atoms with E-state index in [0.29, 0.717) is 0 Å². The maximum absolute atomic E-state index is 5.24. The third-order valence-electron chi connectivity index (χ3n) is 1.87. The molecular weight excluding hydrogens is 138 g/mol. The van der Waals surface area contributed by atoms with Crippen molar-refractivity contribution in [1.82, 2.24) is 4.90 Å². The van der Waals surface area contributed by atoms with E-state index >= 15 is 0 Å².